The van der Waals surface area contributed by atoms with Crippen LogP contribution < -0.4 is 0 Å². The fourth-order valence-electron chi connectivity index (χ4n) is 4.19. The molecule has 0 N–H and O–H groups in total. The van der Waals surface area contributed by atoms with Crippen LogP contribution in [0.3, 0.4) is 0 Å². The van der Waals surface area contributed by atoms with Gasteiger partial charge in [0, 0.05) is 16.8 Å². The molecule has 6 nitrogen and oxygen atoms in total. The number of nitrogens with zero attached hydrogens (tertiary/aromatic N) is 6. The molecule has 4 rings (SSSR count). The maximum atomic E-state index is 5.06. The van der Waals surface area contributed by atoms with Crippen LogP contribution in [-0.2, 0) is 36.7 Å². The van der Waals surface area contributed by atoms with Gasteiger partial charge in [-0.25, -0.2) is 0 Å². The largest absolute Gasteiger partial charge is 2.00 e. The van der Waals surface area contributed by atoms with E-state index in [0.29, 0.717) is 0 Å². The first-order chi connectivity index (χ1) is 16.2. The smallest absolute Gasteiger partial charge is 0.343 e. The van der Waals surface area contributed by atoms with Crippen LogP contribution >= 0.6 is 0 Å². The van der Waals surface area contributed by atoms with Crippen molar-refractivity contribution >= 4 is 0 Å². The Hall–Kier alpha value is -2.62. The number of pyridine rings is 2. The molecule has 0 spiro atoms. The third-order valence-electron chi connectivity index (χ3n) is 6.38. The molecule has 0 aliphatic rings. The van der Waals surface area contributed by atoms with Crippen LogP contribution in [0.15, 0.2) is 36.4 Å². The van der Waals surface area contributed by atoms with Gasteiger partial charge in [0.2, 0.25) is 0 Å². The fourth-order valence-corrected chi connectivity index (χ4v) is 4.19. The van der Waals surface area contributed by atoms with Crippen molar-refractivity contribution in [2.75, 3.05) is 0 Å². The molecule has 0 saturated heterocycles. The van der Waals surface area contributed by atoms with Crippen molar-refractivity contribution < 1.29 is 20.4 Å². The van der Waals surface area contributed by atoms with E-state index < -0.39 is 5.41 Å². The molecular formula is C29H36N6Pd. The van der Waals surface area contributed by atoms with Crippen molar-refractivity contribution in [2.24, 2.45) is 0 Å². The predicted octanol–water partition coefficient (Wildman–Crippen LogP) is 5.98. The summed E-state index contributed by atoms with van der Waals surface area (Å²) in [5, 5.41) is 9.48. The molecule has 0 saturated carbocycles. The van der Waals surface area contributed by atoms with Gasteiger partial charge in [0.25, 0.3) is 0 Å². The van der Waals surface area contributed by atoms with E-state index in [2.05, 4.69) is 93.8 Å². The van der Waals surface area contributed by atoms with Crippen molar-refractivity contribution in [3.05, 3.63) is 82.7 Å². The zero-order valence-electron chi connectivity index (χ0n) is 23.0. The van der Waals surface area contributed by atoms with Crippen molar-refractivity contribution in [1.82, 2.24) is 29.5 Å². The number of hydrogen-bond acceptors (Lipinski definition) is 4. The average Bonchev–Trinajstić information content (AvgIpc) is 3.44. The molecule has 0 aliphatic carbocycles. The normalized spacial score (nSPS) is 12.5. The topological polar surface area (TPSA) is 61.4 Å². The minimum Gasteiger partial charge on any atom is -0.343 e. The summed E-state index contributed by atoms with van der Waals surface area (Å²) in [4.78, 5) is 10.1. The summed E-state index contributed by atoms with van der Waals surface area (Å²) in [5.41, 5.74) is 5.56. The maximum Gasteiger partial charge on any atom is 2.00 e. The van der Waals surface area contributed by atoms with Crippen molar-refractivity contribution in [1.29, 1.82) is 0 Å². The van der Waals surface area contributed by atoms with Gasteiger partial charge in [0.15, 0.2) is 0 Å². The molecule has 4 aromatic rings. The van der Waals surface area contributed by atoms with E-state index in [0.717, 1.165) is 45.5 Å². The summed E-state index contributed by atoms with van der Waals surface area (Å²) in [5.74, 6) is 1.50. The molecule has 0 aromatic carbocycles. The van der Waals surface area contributed by atoms with Gasteiger partial charge in [-0.3, -0.25) is 20.2 Å². The van der Waals surface area contributed by atoms with Crippen molar-refractivity contribution in [3.63, 3.8) is 0 Å². The molecule has 4 aromatic heterocycles. The standard InChI is InChI=1S/C29H36N6.Pd/c1-19-11-13-23(34-17-15-21(32-34)27(3,4)5)30-25(19)29(9,10)26-20(2)12-14-24(31-26)35-18-16-22(33-35)28(6,7)8;/h11-16H,1-10H3;/q-2;+2. The van der Waals surface area contributed by atoms with Crippen LogP contribution in [0.1, 0.15) is 89.3 Å². The van der Waals surface area contributed by atoms with Crippen LogP contribution in [0.4, 0.5) is 0 Å². The Morgan fingerprint density at radius 1 is 0.611 bits per heavy atom. The zero-order valence-corrected chi connectivity index (χ0v) is 24.5. The van der Waals surface area contributed by atoms with Gasteiger partial charge in [0.05, 0.1) is 11.6 Å². The summed E-state index contributed by atoms with van der Waals surface area (Å²) in [6.07, 6.45) is 6.47. The van der Waals surface area contributed by atoms with E-state index in [1.165, 1.54) is 0 Å². The first kappa shape index (κ1) is 28.0. The van der Waals surface area contributed by atoms with Gasteiger partial charge in [0.1, 0.15) is 0 Å². The van der Waals surface area contributed by atoms with Crippen LogP contribution in [0.25, 0.3) is 11.6 Å². The van der Waals surface area contributed by atoms with Gasteiger partial charge >= 0.3 is 20.4 Å². The SMILES string of the molecule is Cc1ccc(-n2[c-]cc(C(C)(C)C)n2)nc1C(C)(C)c1nc(-n2[c-]cc(C(C)(C)C)n2)ccc1C.[Pd+2]. The molecule has 4 heterocycles. The quantitative estimate of drug-likeness (QED) is 0.222. The van der Waals surface area contributed by atoms with Crippen LogP contribution in [0.5, 0.6) is 0 Å². The zero-order chi connectivity index (χ0) is 25.8. The Morgan fingerprint density at radius 2 is 0.972 bits per heavy atom. The van der Waals surface area contributed by atoms with Gasteiger partial charge in [-0.05, 0) is 61.0 Å². The molecule has 36 heavy (non-hydrogen) atoms. The van der Waals surface area contributed by atoms with Crippen LogP contribution in [-0.4, -0.2) is 29.5 Å². The van der Waals surface area contributed by atoms with Gasteiger partial charge in [-0.15, -0.1) is 12.1 Å². The van der Waals surface area contributed by atoms with E-state index in [4.69, 9.17) is 20.2 Å². The Labute approximate surface area is 229 Å². The monoisotopic (exact) mass is 574 g/mol. The van der Waals surface area contributed by atoms with E-state index >= 15 is 0 Å². The molecular weight excluding hydrogens is 539 g/mol. The molecule has 0 radical (unpaired) electrons. The van der Waals surface area contributed by atoms with Crippen LogP contribution in [0, 0.1) is 26.2 Å². The number of aromatic nitrogens is 6. The number of hydrogen-bond donors (Lipinski definition) is 0. The summed E-state index contributed by atoms with van der Waals surface area (Å²) in [6.45, 7) is 21.4. The second-order valence-corrected chi connectivity index (χ2v) is 11.9. The van der Waals surface area contributed by atoms with Gasteiger partial charge < -0.3 is 9.36 Å². The molecule has 192 valence electrons. The van der Waals surface area contributed by atoms with E-state index in [9.17, 15) is 0 Å². The van der Waals surface area contributed by atoms with Gasteiger partial charge in [-0.2, -0.15) is 0 Å². The third-order valence-corrected chi connectivity index (χ3v) is 6.38. The van der Waals surface area contributed by atoms with E-state index in [-0.39, 0.29) is 31.3 Å². The number of rotatable bonds is 4. The van der Waals surface area contributed by atoms with Crippen LogP contribution in [0.2, 0.25) is 0 Å². The Balaban J connectivity index is 0.00000361. The third kappa shape index (κ3) is 5.38. The molecule has 0 aliphatic heterocycles. The molecule has 0 amide bonds. The summed E-state index contributed by atoms with van der Waals surface area (Å²) in [6, 6.07) is 12.1. The minimum atomic E-state index is -0.444. The molecule has 0 unspecified atom stereocenters. The molecule has 7 heteroatoms. The fraction of sp³-hybridized carbons (Fsp3) is 0.448. The summed E-state index contributed by atoms with van der Waals surface area (Å²) < 4.78 is 3.48. The van der Waals surface area contributed by atoms with Crippen molar-refractivity contribution in [3.8, 4) is 11.6 Å². The summed E-state index contributed by atoms with van der Waals surface area (Å²) >= 11 is 0. The second kappa shape index (κ2) is 9.69. The second-order valence-electron chi connectivity index (χ2n) is 11.9. The minimum absolute atomic E-state index is 0. The first-order valence-electron chi connectivity index (χ1n) is 12.1. The van der Waals surface area contributed by atoms with Gasteiger partial charge in [-0.1, -0.05) is 78.2 Å². The average molecular weight is 575 g/mol. The molecule has 0 bridgehead atoms. The first-order valence-corrected chi connectivity index (χ1v) is 12.1. The molecule has 0 fully saturated rings. The van der Waals surface area contributed by atoms with Crippen molar-refractivity contribution in [2.45, 2.75) is 85.5 Å². The molecule has 0 atom stereocenters. The van der Waals surface area contributed by atoms with E-state index in [1.807, 2.05) is 24.3 Å². The van der Waals surface area contributed by atoms with E-state index in [1.54, 1.807) is 9.36 Å². The predicted molar refractivity (Wildman–Crippen MR) is 139 cm³/mol. The number of aryl methyl sites for hydroxylation is 2. The Kier molecular flexibility index (Phi) is 7.52. The summed E-state index contributed by atoms with van der Waals surface area (Å²) in [7, 11) is 0. The Morgan fingerprint density at radius 3 is 1.28 bits per heavy atom. The maximum absolute atomic E-state index is 5.06. The Bertz CT molecular complexity index is 1260.